The van der Waals surface area contributed by atoms with Crippen molar-refractivity contribution in [3.05, 3.63) is 374 Å². The van der Waals surface area contributed by atoms with Crippen molar-refractivity contribution in [3.63, 3.8) is 0 Å². The monoisotopic (exact) mass is 1950 g/mol. The summed E-state index contributed by atoms with van der Waals surface area (Å²) >= 11 is 26.3. The van der Waals surface area contributed by atoms with Gasteiger partial charge in [0.2, 0.25) is 11.9 Å². The minimum Gasteiger partial charge on any atom is -0.395 e. The van der Waals surface area contributed by atoms with Crippen LogP contribution in [-0.2, 0) is 45.8 Å². The second-order valence-electron chi connectivity index (χ2n) is 29.2. The number of nitriles is 4. The summed E-state index contributed by atoms with van der Waals surface area (Å²) < 4.78 is 14.3. The van der Waals surface area contributed by atoms with Crippen molar-refractivity contribution in [1.29, 1.82) is 21.0 Å². The lowest BCUT2D eigenvalue weighted by Gasteiger charge is -2.15. The molecule has 0 saturated carbocycles. The van der Waals surface area contributed by atoms with Crippen LogP contribution in [0.4, 0.5) is 41.1 Å². The van der Waals surface area contributed by atoms with Crippen molar-refractivity contribution < 1.29 is 13.7 Å². The van der Waals surface area contributed by atoms with Gasteiger partial charge in [-0.05, 0) is 126 Å². The molecule has 0 spiro atoms. The van der Waals surface area contributed by atoms with Crippen LogP contribution in [0.5, 0.6) is 0 Å². The van der Waals surface area contributed by atoms with Gasteiger partial charge < -0.3 is 33.6 Å². The topological polar surface area (TPSA) is 448 Å². The van der Waals surface area contributed by atoms with E-state index in [1.165, 1.54) is 13.7 Å². The van der Waals surface area contributed by atoms with Crippen molar-refractivity contribution in [3.8, 4) is 80.9 Å². The maximum atomic E-state index is 10.0. The quantitative estimate of drug-likeness (QED) is 0.0285. The number of benzene rings is 5. The van der Waals surface area contributed by atoms with Gasteiger partial charge in [0, 0.05) is 144 Å². The summed E-state index contributed by atoms with van der Waals surface area (Å²) in [5.41, 5.74) is 43.9. The third-order valence-corrected chi connectivity index (χ3v) is 23.1. The Balaban J connectivity index is 0.000000122. The zero-order valence-corrected chi connectivity index (χ0v) is 76.2. The van der Waals surface area contributed by atoms with E-state index in [0.717, 1.165) is 92.5 Å². The molecule has 33 nitrogen and oxygen atoms in total. The highest BCUT2D eigenvalue weighted by molar-refractivity contribution is 9.11. The van der Waals surface area contributed by atoms with Gasteiger partial charge in [0.25, 0.3) is 0 Å². The molecule has 0 aliphatic rings. The third kappa shape index (κ3) is 19.6. The summed E-state index contributed by atoms with van der Waals surface area (Å²) in [6, 6.07) is 68.6. The van der Waals surface area contributed by atoms with Gasteiger partial charge in [0.15, 0.2) is 0 Å². The minimum atomic E-state index is 0.236. The van der Waals surface area contributed by atoms with Crippen LogP contribution in [0, 0.1) is 45.7 Å². The van der Waals surface area contributed by atoms with Crippen LogP contribution in [0.2, 0.25) is 15.1 Å². The first kappa shape index (κ1) is 90.6. The molecule has 5 aromatic carbocycles. The molecule has 38 heteroatoms. The van der Waals surface area contributed by atoms with Gasteiger partial charge in [-0.25, -0.2) is 9.97 Å². The highest BCUT2D eigenvalue weighted by atomic mass is 79.9. The molecule has 0 aliphatic carbocycles. The molecule has 13 N–H and O–H groups in total. The van der Waals surface area contributed by atoms with Gasteiger partial charge in [-0.2, -0.15) is 24.5 Å². The summed E-state index contributed by atoms with van der Waals surface area (Å²) in [4.78, 5) is 30.2. The van der Waals surface area contributed by atoms with Gasteiger partial charge in [-0.15, -0.1) is 42.5 Å². The van der Waals surface area contributed by atoms with Gasteiger partial charge in [-0.1, -0.05) is 180 Å². The molecule has 20 aromatic rings. The number of aromatic nitrogens is 20. The first-order valence-corrected chi connectivity index (χ1v) is 43.9. The molecule has 0 atom stereocenters. The van der Waals surface area contributed by atoms with Crippen molar-refractivity contribution in [2.75, 3.05) is 38.1 Å². The van der Waals surface area contributed by atoms with E-state index in [9.17, 15) is 21.0 Å². The Kier molecular flexibility index (Phi) is 28.8. The van der Waals surface area contributed by atoms with Crippen LogP contribution in [0.15, 0.2) is 314 Å². The van der Waals surface area contributed by atoms with Crippen LogP contribution >= 0.6 is 66.7 Å². The number of nitrogens with zero attached hydrogens (tertiary/aromatic N) is 24. The number of anilines is 7. The average molecular weight is 1960 g/mol. The Morgan fingerprint density at radius 3 is 1.10 bits per heavy atom. The van der Waals surface area contributed by atoms with Gasteiger partial charge in [0.1, 0.15) is 56.5 Å². The number of hydrogen-bond donors (Lipinski definition) is 9. The fourth-order valence-electron chi connectivity index (χ4n) is 14.8. The summed E-state index contributed by atoms with van der Waals surface area (Å²) in [5.74, 6) is 2.69. The number of nitrogen functional groups attached to an aromatic ring is 2. The number of nitrogens with two attached hydrogens (primary N) is 4. The highest BCUT2D eigenvalue weighted by Crippen LogP contribution is 2.39. The van der Waals surface area contributed by atoms with E-state index in [1.807, 2.05) is 182 Å². The van der Waals surface area contributed by atoms with Crippen LogP contribution < -0.4 is 63.2 Å². The molecule has 0 bridgehead atoms. The van der Waals surface area contributed by atoms with Crippen molar-refractivity contribution >= 4 is 135 Å². The number of hydrogen-bond acceptors (Lipinski definition) is 25. The fraction of sp³-hybridized carbons (Fsp3) is 0.0729. The van der Waals surface area contributed by atoms with Crippen molar-refractivity contribution in [2.24, 2.45) is 11.5 Å². The number of nitrogens with one attached hydrogen (secondary N) is 5. The number of halogens is 5. The van der Waals surface area contributed by atoms with E-state index in [-0.39, 0.29) is 6.54 Å². The predicted octanol–water partition coefficient (Wildman–Crippen LogP) is 16.1. The van der Waals surface area contributed by atoms with Gasteiger partial charge >= 0.3 is 36.4 Å². The Morgan fingerprint density at radius 1 is 0.336 bits per heavy atom. The van der Waals surface area contributed by atoms with Gasteiger partial charge in [-0.3, -0.25) is 40.9 Å². The number of fused-ring (bicyclic) bond motifs is 5. The van der Waals surface area contributed by atoms with Crippen LogP contribution in [0.1, 0.15) is 44.5 Å². The molecule has 0 aliphatic heterocycles. The van der Waals surface area contributed by atoms with Crippen molar-refractivity contribution in [2.45, 2.75) is 45.8 Å². The number of pyridine rings is 5. The molecule has 15 heterocycles. The summed E-state index contributed by atoms with van der Waals surface area (Å²) in [7, 11) is 0. The molecule has 0 unspecified atom stereocenters. The molecular formula is C96H77Br2Cl3N33+3. The van der Waals surface area contributed by atoms with Crippen molar-refractivity contribution in [1.82, 2.24) is 83.0 Å². The van der Waals surface area contributed by atoms with Gasteiger partial charge in [0.05, 0.1) is 97.2 Å². The average Bonchev–Trinajstić information content (AvgIpc) is 1.46. The summed E-state index contributed by atoms with van der Waals surface area (Å²) in [5, 5.41) is 79.5. The predicted molar refractivity (Wildman–Crippen MR) is 520 cm³/mol. The first-order chi connectivity index (χ1) is 65.7. The van der Waals surface area contributed by atoms with Crippen LogP contribution in [0.25, 0.3) is 83.9 Å². The molecule has 15 aromatic heterocycles. The standard InChI is InChI=1S/C20H16ClN7.C20H12ClN7.C19H17BrN6.C19H14ClN7.C18H15BrN6/c2*21-17-6-2-1-5-15(17)19-16(10-22)18-7-9-26-28(18)20(27(19)13-23)25-12-14-4-3-8-24-11-14;20-16-12-24-26-18(16)15(9-21)17(14-6-2-1-3-7-14)25-19(26)23-11-13-5-4-8-22-10-13;20-15-6-2-1-5-14(15)18-17(22)16-7-9-25-27(16)19(26(18)12-21)24-11-13-4-3-8-23-10-13;19-14-11-23-25-17(14)15(20)16(13-6-2-1-3-7-13)24-18(25)22-10-12-5-4-8-21-9-12/h1-9,11H,10,12,22H2;1-9,11H,12H2;1-8,10,12H,9,11,21H2,(H,23,25);1-10H,11,22H2;1-9,11H,10,20H2,(H,22,24)/p+3. The number of rotatable bonds is 22. The second kappa shape index (κ2) is 42.7. The van der Waals surface area contributed by atoms with E-state index in [2.05, 4.69) is 134 Å². The summed E-state index contributed by atoms with van der Waals surface area (Å²) in [6.45, 7) is 3.17. The summed E-state index contributed by atoms with van der Waals surface area (Å²) in [6.07, 6.45) is 32.5. The first-order valence-electron chi connectivity index (χ1n) is 41.2. The highest BCUT2D eigenvalue weighted by Gasteiger charge is 2.31. The van der Waals surface area contributed by atoms with E-state index >= 15 is 0 Å². The normalized spacial score (nSPS) is 10.7. The molecule has 134 heavy (non-hydrogen) atoms. The molecule has 0 radical (unpaired) electrons. The Hall–Kier alpha value is -16.7. The lowest BCUT2D eigenvalue weighted by Crippen LogP contribution is -2.39. The minimum absolute atomic E-state index is 0.236. The smallest absolute Gasteiger partial charge is 0.354 e. The van der Waals surface area contributed by atoms with E-state index < -0.39 is 0 Å². The maximum absolute atomic E-state index is 10.0. The second-order valence-corrected chi connectivity index (χ2v) is 32.1. The largest absolute Gasteiger partial charge is 0.395 e. The lowest BCUT2D eigenvalue weighted by molar-refractivity contribution is -0.563. The molecule has 0 fully saturated rings. The maximum Gasteiger partial charge on any atom is 0.354 e. The van der Waals surface area contributed by atoms with E-state index in [0.29, 0.717) is 140 Å². The fourth-order valence-corrected chi connectivity index (χ4v) is 16.5. The zero-order chi connectivity index (χ0) is 93.0. The van der Waals surface area contributed by atoms with E-state index in [4.69, 9.17) is 67.7 Å². The van der Waals surface area contributed by atoms with Crippen LogP contribution in [0.3, 0.4) is 0 Å². The molecule has 0 amide bonds. The molecule has 20 rings (SSSR count). The molecule has 658 valence electrons. The lowest BCUT2D eigenvalue weighted by atomic mass is 10.0. The van der Waals surface area contributed by atoms with E-state index in [1.54, 1.807) is 146 Å². The Bertz CT molecular complexity index is 7760. The third-order valence-electron chi connectivity index (χ3n) is 21.0. The Morgan fingerprint density at radius 2 is 0.687 bits per heavy atom. The zero-order valence-electron chi connectivity index (χ0n) is 70.7. The van der Waals surface area contributed by atoms with Crippen LogP contribution in [-0.4, -0.2) is 83.0 Å². The Labute approximate surface area is 797 Å². The molecule has 0 saturated heterocycles. The molecular weight excluding hydrogens is 1880 g/mol. The SMILES string of the molecule is N#C[n+]1c(-c2ccccc2Cl)c(CN)c2ccnn2c1NCc1cccnc1.N#C[n+]1c(-c2ccccc2Cl)c(N)c2ccnn2c1NCc1cccnc1.N#Cc1c(-c2ccccc2Cl)[n+](C#N)c(NCc2cccnc2)n2nccc12.NCc1c(-c2ccccc2)nc(NCc2cccnc2)n2ncc(Br)c12.Nc1c(-c2ccccc2)nc(NCc2cccnc2)n2ncc(Br)c12.